The van der Waals surface area contributed by atoms with E-state index in [1.165, 1.54) is 4.52 Å². The fourth-order valence-electron chi connectivity index (χ4n) is 2.63. The minimum atomic E-state index is -3.34. The number of ketones is 1. The van der Waals surface area contributed by atoms with Crippen molar-refractivity contribution in [3.8, 4) is 11.5 Å². The lowest BCUT2D eigenvalue weighted by molar-refractivity contribution is -0.0545. The Morgan fingerprint density at radius 1 is 1.03 bits per heavy atom. The Morgan fingerprint density at radius 3 is 2.42 bits per heavy atom. The van der Waals surface area contributed by atoms with Gasteiger partial charge >= 0.3 is 19.2 Å². The summed E-state index contributed by atoms with van der Waals surface area (Å²) in [5.74, 6) is -3.40. The summed E-state index contributed by atoms with van der Waals surface area (Å²) in [5.41, 5.74) is 0.883. The van der Waals surface area contributed by atoms with E-state index in [-0.39, 0.29) is 11.6 Å². The topological polar surface area (TPSA) is 105 Å². The van der Waals surface area contributed by atoms with E-state index in [0.29, 0.717) is 17.5 Å². The van der Waals surface area contributed by atoms with Crippen molar-refractivity contribution < 1.29 is 41.4 Å². The predicted molar refractivity (Wildman–Crippen MR) is 94.6 cm³/mol. The molecule has 0 aliphatic heterocycles. The van der Waals surface area contributed by atoms with Crippen LogP contribution in [-0.2, 0) is 4.74 Å². The molecule has 0 radical (unpaired) electrons. The van der Waals surface area contributed by atoms with Crippen molar-refractivity contribution in [2.75, 3.05) is 6.61 Å². The number of esters is 1. The quantitative estimate of drug-likeness (QED) is 0.298. The van der Waals surface area contributed by atoms with Crippen LogP contribution in [0.4, 0.5) is 17.6 Å². The number of halogens is 4. The van der Waals surface area contributed by atoms with Crippen LogP contribution in [-0.4, -0.2) is 51.2 Å². The maximum absolute atomic E-state index is 12.6. The van der Waals surface area contributed by atoms with Crippen molar-refractivity contribution >= 4 is 17.5 Å². The van der Waals surface area contributed by atoms with Crippen LogP contribution in [0.2, 0.25) is 0 Å². The highest BCUT2D eigenvalue weighted by Gasteiger charge is 2.22. The molecule has 3 rings (SSSR count). The normalized spacial score (nSPS) is 11.2. The highest BCUT2D eigenvalue weighted by atomic mass is 19.3. The van der Waals surface area contributed by atoms with E-state index in [4.69, 9.17) is 4.74 Å². The summed E-state index contributed by atoms with van der Waals surface area (Å²) in [4.78, 5) is 32.6. The van der Waals surface area contributed by atoms with Crippen molar-refractivity contribution in [3.05, 3.63) is 47.0 Å². The summed E-state index contributed by atoms with van der Waals surface area (Å²) in [5, 5.41) is 3.95. The lowest BCUT2D eigenvalue weighted by atomic mass is 10.1. The molecular formula is C18H14F4N4O5. The number of nitrogens with zero attached hydrogens (tertiary/aromatic N) is 4. The van der Waals surface area contributed by atoms with Crippen molar-refractivity contribution in [1.82, 2.24) is 19.6 Å². The highest BCUT2D eigenvalue weighted by Crippen LogP contribution is 2.28. The first kappa shape index (κ1) is 21.9. The zero-order valence-corrected chi connectivity index (χ0v) is 16.0. The second-order valence-corrected chi connectivity index (χ2v) is 6.10. The molecule has 1 aromatic carbocycles. The zero-order chi connectivity index (χ0) is 22.7. The number of aromatic nitrogens is 4. The highest BCUT2D eigenvalue weighted by molar-refractivity contribution is 6.01. The lowest BCUT2D eigenvalue weighted by Crippen LogP contribution is -2.17. The fraction of sp³-hybridized carbons (Fsp3) is 0.278. The molecule has 31 heavy (non-hydrogen) atoms. The van der Waals surface area contributed by atoms with E-state index in [0.717, 1.165) is 12.1 Å². The number of fused-ring (bicyclic) bond motifs is 1. The molecule has 0 spiro atoms. The third kappa shape index (κ3) is 5.24. The molecule has 2 aromatic heterocycles. The Kier molecular flexibility index (Phi) is 6.32. The molecule has 0 amide bonds. The average molecular weight is 442 g/mol. The van der Waals surface area contributed by atoms with Gasteiger partial charge in [0.25, 0.3) is 11.6 Å². The second-order valence-electron chi connectivity index (χ2n) is 6.10. The third-order valence-corrected chi connectivity index (χ3v) is 3.83. The van der Waals surface area contributed by atoms with E-state index in [1.807, 2.05) is 0 Å². The van der Waals surface area contributed by atoms with Crippen LogP contribution >= 0.6 is 0 Å². The van der Waals surface area contributed by atoms with Gasteiger partial charge in [0.2, 0.25) is 5.78 Å². The van der Waals surface area contributed by atoms with Gasteiger partial charge in [-0.1, -0.05) is 0 Å². The Labute approximate surface area is 171 Å². The van der Waals surface area contributed by atoms with E-state index in [9.17, 15) is 27.2 Å². The van der Waals surface area contributed by atoms with Crippen molar-refractivity contribution in [1.29, 1.82) is 0 Å². The standard InChI is InChI=1S/C18H14F4N4O5/c1-8-5-9(2)26-18(23-8)24-14(25-26)15(28)29-7-12(27)11-4-3-10(30-16(19)20)6-13(11)31-17(21)22/h3-6,16-17H,7H2,1-2H3. The van der Waals surface area contributed by atoms with Crippen LogP contribution in [0.15, 0.2) is 24.3 Å². The fourth-order valence-corrected chi connectivity index (χ4v) is 2.63. The van der Waals surface area contributed by atoms with Crippen molar-refractivity contribution in [2.24, 2.45) is 0 Å². The van der Waals surface area contributed by atoms with Crippen LogP contribution in [0.1, 0.15) is 32.4 Å². The first-order chi connectivity index (χ1) is 14.6. The van der Waals surface area contributed by atoms with Gasteiger partial charge in [-0.25, -0.2) is 14.3 Å². The molecule has 164 valence electrons. The molecule has 0 N–H and O–H groups in total. The maximum atomic E-state index is 12.6. The summed E-state index contributed by atoms with van der Waals surface area (Å²) < 4.78 is 64.3. The van der Waals surface area contributed by atoms with Crippen molar-refractivity contribution in [2.45, 2.75) is 27.1 Å². The number of hydrogen-bond donors (Lipinski definition) is 0. The molecule has 0 aliphatic carbocycles. The summed E-state index contributed by atoms with van der Waals surface area (Å²) in [6.45, 7) is -3.95. The third-order valence-electron chi connectivity index (χ3n) is 3.83. The molecule has 0 saturated carbocycles. The first-order valence-electron chi connectivity index (χ1n) is 8.59. The van der Waals surface area contributed by atoms with E-state index < -0.39 is 48.6 Å². The SMILES string of the molecule is Cc1cc(C)n2nc(C(=O)OCC(=O)c3ccc(OC(F)F)cc3OC(F)F)nc2n1. The van der Waals surface area contributed by atoms with E-state index >= 15 is 0 Å². The molecule has 0 aliphatic rings. The van der Waals surface area contributed by atoms with Gasteiger partial charge in [0.15, 0.2) is 6.61 Å². The van der Waals surface area contributed by atoms with Crippen LogP contribution in [0.25, 0.3) is 5.78 Å². The van der Waals surface area contributed by atoms with Gasteiger partial charge < -0.3 is 14.2 Å². The van der Waals surface area contributed by atoms with Crippen LogP contribution in [0.5, 0.6) is 11.5 Å². The molecule has 0 fully saturated rings. The monoisotopic (exact) mass is 442 g/mol. The van der Waals surface area contributed by atoms with Gasteiger partial charge in [0.1, 0.15) is 11.5 Å². The van der Waals surface area contributed by atoms with Crippen molar-refractivity contribution in [3.63, 3.8) is 0 Å². The molecule has 3 aromatic rings. The zero-order valence-electron chi connectivity index (χ0n) is 16.0. The Hall–Kier alpha value is -3.77. The van der Waals surface area contributed by atoms with Crippen LogP contribution in [0, 0.1) is 13.8 Å². The molecular weight excluding hydrogens is 428 g/mol. The number of rotatable bonds is 8. The summed E-state index contributed by atoms with van der Waals surface area (Å²) in [7, 11) is 0. The Balaban J connectivity index is 1.75. The molecule has 0 atom stereocenters. The number of Topliss-reactive ketones (excluding diaryl/α,β-unsaturated/α-hetero) is 1. The number of ether oxygens (including phenoxy) is 3. The first-order valence-corrected chi connectivity index (χ1v) is 8.59. The Bertz CT molecular complexity index is 1140. The smallest absolute Gasteiger partial charge is 0.387 e. The number of carbonyl (C=O) groups is 2. The number of hydrogen-bond acceptors (Lipinski definition) is 8. The summed E-state index contributed by atoms with van der Waals surface area (Å²) >= 11 is 0. The van der Waals surface area contributed by atoms with Crippen LogP contribution in [0.3, 0.4) is 0 Å². The number of benzene rings is 1. The molecule has 13 heteroatoms. The van der Waals surface area contributed by atoms with Gasteiger partial charge in [-0.15, -0.1) is 5.10 Å². The average Bonchev–Trinajstić information content (AvgIpc) is 3.09. The largest absolute Gasteiger partial charge is 0.451 e. The molecule has 0 saturated heterocycles. The maximum Gasteiger partial charge on any atom is 0.387 e. The summed E-state index contributed by atoms with van der Waals surface area (Å²) in [6.07, 6.45) is 0. The molecule has 0 unspecified atom stereocenters. The number of alkyl halides is 4. The van der Waals surface area contributed by atoms with E-state index in [1.54, 1.807) is 19.9 Å². The molecule has 0 bridgehead atoms. The van der Waals surface area contributed by atoms with Gasteiger partial charge in [0.05, 0.1) is 5.56 Å². The predicted octanol–water partition coefficient (Wildman–Crippen LogP) is 2.98. The molecule has 9 nitrogen and oxygen atoms in total. The minimum absolute atomic E-state index is 0.151. The van der Waals surface area contributed by atoms with Gasteiger partial charge in [0, 0.05) is 17.5 Å². The number of aryl methyl sites for hydroxylation is 2. The van der Waals surface area contributed by atoms with Gasteiger partial charge in [-0.2, -0.15) is 22.5 Å². The second kappa shape index (κ2) is 8.93. The minimum Gasteiger partial charge on any atom is -0.451 e. The Morgan fingerprint density at radius 2 is 1.74 bits per heavy atom. The molecule has 2 heterocycles. The van der Waals surface area contributed by atoms with E-state index in [2.05, 4.69) is 24.5 Å². The van der Waals surface area contributed by atoms with Gasteiger partial charge in [-0.3, -0.25) is 4.79 Å². The summed E-state index contributed by atoms with van der Waals surface area (Å²) in [6, 6.07) is 4.31. The van der Waals surface area contributed by atoms with Crippen LogP contribution < -0.4 is 9.47 Å². The number of carbonyl (C=O) groups excluding carboxylic acids is 2. The lowest BCUT2D eigenvalue weighted by Gasteiger charge is -2.12. The van der Waals surface area contributed by atoms with Gasteiger partial charge in [-0.05, 0) is 32.0 Å².